The molecule has 0 atom stereocenters. The first-order valence-electron chi connectivity index (χ1n) is 9.90. The summed E-state index contributed by atoms with van der Waals surface area (Å²) in [5.41, 5.74) is 3.23. The Morgan fingerprint density at radius 2 is 1.70 bits per heavy atom. The van der Waals surface area contributed by atoms with Crippen molar-refractivity contribution in [3.05, 3.63) is 53.7 Å². The van der Waals surface area contributed by atoms with Gasteiger partial charge in [0.05, 0.1) is 0 Å². The first-order chi connectivity index (χ1) is 13.0. The van der Waals surface area contributed by atoms with Crippen LogP contribution in [0, 0.1) is 11.8 Å². The van der Waals surface area contributed by atoms with Crippen molar-refractivity contribution < 1.29 is 13.0 Å². The second kappa shape index (κ2) is 7.68. The van der Waals surface area contributed by atoms with E-state index in [1.54, 1.807) is 4.90 Å². The van der Waals surface area contributed by atoms with Crippen LogP contribution in [0.1, 0.15) is 37.7 Å². The Bertz CT molecular complexity index is 810. The molecule has 0 spiro atoms. The van der Waals surface area contributed by atoms with Gasteiger partial charge in [-0.15, -0.1) is 0 Å². The molecule has 2 saturated heterocycles. The van der Waals surface area contributed by atoms with Crippen molar-refractivity contribution in [1.82, 2.24) is 9.80 Å². The van der Waals surface area contributed by atoms with Crippen LogP contribution >= 0.6 is 0 Å². The number of hydrogen-bond acceptors (Lipinski definition) is 4. The molecule has 6 heteroatoms. The first-order valence-corrected chi connectivity index (χ1v) is 11.5. The maximum absolute atomic E-state index is 11.4. The fraction of sp³-hybridized carbons (Fsp3) is 0.524. The minimum absolute atomic E-state index is 0.345. The number of fused-ring (bicyclic) bond motifs is 4. The lowest BCUT2D eigenvalue weighted by Crippen LogP contribution is -2.29. The van der Waals surface area contributed by atoms with Crippen molar-refractivity contribution in [2.45, 2.75) is 32.1 Å². The number of nitrogens with zero attached hydrogens (tertiary/aromatic N) is 2. The summed E-state index contributed by atoms with van der Waals surface area (Å²) in [7, 11) is -4.04. The maximum Gasteiger partial charge on any atom is 0.283 e. The van der Waals surface area contributed by atoms with Crippen molar-refractivity contribution in [2.24, 2.45) is 11.8 Å². The van der Waals surface area contributed by atoms with Crippen molar-refractivity contribution in [1.29, 1.82) is 0 Å². The van der Waals surface area contributed by atoms with Gasteiger partial charge in [0.15, 0.2) is 0 Å². The highest BCUT2D eigenvalue weighted by atomic mass is 32.2. The van der Waals surface area contributed by atoms with Crippen LogP contribution in [0.25, 0.3) is 5.70 Å². The number of benzene rings is 1. The molecule has 0 aromatic heterocycles. The summed E-state index contributed by atoms with van der Waals surface area (Å²) < 4.78 is 32.1. The van der Waals surface area contributed by atoms with E-state index in [1.807, 2.05) is 6.07 Å². The van der Waals surface area contributed by atoms with Gasteiger partial charge in [-0.25, -0.2) is 0 Å². The zero-order valence-corrected chi connectivity index (χ0v) is 16.4. The molecule has 2 bridgehead atoms. The molecule has 3 fully saturated rings. The largest absolute Gasteiger partial charge is 0.370 e. The van der Waals surface area contributed by atoms with Crippen LogP contribution in [0.5, 0.6) is 0 Å². The van der Waals surface area contributed by atoms with Crippen LogP contribution < -0.4 is 0 Å². The molecular formula is C21H28N2O3S. The molecule has 4 aliphatic rings. The van der Waals surface area contributed by atoms with Gasteiger partial charge < -0.3 is 9.80 Å². The van der Waals surface area contributed by atoms with Gasteiger partial charge in [0.25, 0.3) is 10.1 Å². The Hall–Kier alpha value is -1.79. The number of hydrogen-bond donors (Lipinski definition) is 1. The molecule has 0 unspecified atom stereocenters. The van der Waals surface area contributed by atoms with Crippen LogP contribution in [0.3, 0.4) is 0 Å². The van der Waals surface area contributed by atoms with Crippen molar-refractivity contribution in [2.75, 3.05) is 25.5 Å². The molecular weight excluding hydrogens is 360 g/mol. The molecule has 3 aliphatic heterocycles. The Morgan fingerprint density at radius 1 is 1.07 bits per heavy atom. The number of allylic oxidation sites excluding steroid dienone is 1. The van der Waals surface area contributed by atoms with Crippen LogP contribution in [-0.4, -0.2) is 48.3 Å². The molecule has 146 valence electrons. The second-order valence-electron chi connectivity index (χ2n) is 8.08. The minimum atomic E-state index is -4.04. The molecule has 0 amide bonds. The smallest absolute Gasteiger partial charge is 0.283 e. The third kappa shape index (κ3) is 4.55. The molecule has 1 N–H and O–H groups in total. The van der Waals surface area contributed by atoms with Gasteiger partial charge in [0.2, 0.25) is 0 Å². The van der Waals surface area contributed by atoms with E-state index in [9.17, 15) is 13.0 Å². The minimum Gasteiger partial charge on any atom is -0.370 e. The van der Waals surface area contributed by atoms with Gasteiger partial charge in [-0.1, -0.05) is 36.4 Å². The molecule has 0 radical (unpaired) electrons. The third-order valence-electron chi connectivity index (χ3n) is 6.05. The standard InChI is InChI=1S/C21H28N2O3S/c24-27(25,26)16-22-12-4-7-20(22)13-21(19-5-2-1-3-6-19)23-14-17-8-9-18(15-23)11-10-17/h1-3,5-7,13,17-18H,4,8-12,14-16H2,(H,24,25,26). The molecule has 1 aromatic carbocycles. The SMILES string of the molecule is O=S(=O)(O)CN1CCC=C1C=C(c1ccccc1)N1CC2CCC(CC2)C1. The van der Waals surface area contributed by atoms with E-state index in [-0.39, 0.29) is 5.88 Å². The Balaban J connectivity index is 1.67. The molecule has 1 aromatic rings. The predicted molar refractivity (Wildman–Crippen MR) is 107 cm³/mol. The number of rotatable bonds is 5. The normalized spacial score (nSPS) is 26.3. The van der Waals surface area contributed by atoms with Crippen molar-refractivity contribution in [3.63, 3.8) is 0 Å². The highest BCUT2D eigenvalue weighted by molar-refractivity contribution is 7.85. The van der Waals surface area contributed by atoms with Gasteiger partial charge in [-0.2, -0.15) is 8.42 Å². The summed E-state index contributed by atoms with van der Waals surface area (Å²) in [5.74, 6) is 1.16. The third-order valence-corrected chi connectivity index (χ3v) is 6.69. The van der Waals surface area contributed by atoms with Crippen molar-refractivity contribution in [3.8, 4) is 0 Å². The van der Waals surface area contributed by atoms with E-state index in [1.165, 1.54) is 36.9 Å². The molecule has 27 heavy (non-hydrogen) atoms. The van der Waals surface area contributed by atoms with Gasteiger partial charge in [0, 0.05) is 31.0 Å². The van der Waals surface area contributed by atoms with Gasteiger partial charge in [0.1, 0.15) is 5.88 Å². The Kier molecular flexibility index (Phi) is 5.28. The lowest BCUT2D eigenvalue weighted by molar-refractivity contribution is 0.326. The zero-order chi connectivity index (χ0) is 18.9. The van der Waals surface area contributed by atoms with E-state index in [4.69, 9.17) is 0 Å². The van der Waals surface area contributed by atoms with Gasteiger partial charge in [-0.3, -0.25) is 4.55 Å². The highest BCUT2D eigenvalue weighted by Crippen LogP contribution is 2.37. The fourth-order valence-corrected chi connectivity index (χ4v) is 5.38. The van der Waals surface area contributed by atoms with E-state index < -0.39 is 10.1 Å². The Labute approximate surface area is 162 Å². The average Bonchev–Trinajstić information content (AvgIpc) is 2.85. The topological polar surface area (TPSA) is 60.9 Å². The molecule has 3 heterocycles. The molecule has 1 saturated carbocycles. The summed E-state index contributed by atoms with van der Waals surface area (Å²) in [6.45, 7) is 2.77. The molecule has 5 nitrogen and oxygen atoms in total. The lowest BCUT2D eigenvalue weighted by atomic mass is 9.84. The van der Waals surface area contributed by atoms with E-state index in [2.05, 4.69) is 41.3 Å². The quantitative estimate of drug-likeness (QED) is 0.781. The monoisotopic (exact) mass is 388 g/mol. The molecule has 5 rings (SSSR count). The Morgan fingerprint density at radius 3 is 2.30 bits per heavy atom. The first kappa shape index (κ1) is 18.6. The lowest BCUT2D eigenvalue weighted by Gasteiger charge is -2.29. The van der Waals surface area contributed by atoms with Gasteiger partial charge >= 0.3 is 0 Å². The van der Waals surface area contributed by atoms with Crippen LogP contribution in [0.15, 0.2) is 48.2 Å². The average molecular weight is 389 g/mol. The summed E-state index contributed by atoms with van der Waals surface area (Å²) in [6, 6.07) is 10.4. The van der Waals surface area contributed by atoms with Crippen LogP contribution in [0.4, 0.5) is 0 Å². The van der Waals surface area contributed by atoms with E-state index >= 15 is 0 Å². The van der Waals surface area contributed by atoms with Crippen molar-refractivity contribution >= 4 is 15.8 Å². The summed E-state index contributed by atoms with van der Waals surface area (Å²) in [6.07, 6.45) is 10.3. The van der Waals surface area contributed by atoms with Gasteiger partial charge in [-0.05, 0) is 55.6 Å². The zero-order valence-electron chi connectivity index (χ0n) is 15.6. The van der Waals surface area contributed by atoms with Crippen LogP contribution in [0.2, 0.25) is 0 Å². The summed E-state index contributed by atoms with van der Waals surface area (Å²) in [4.78, 5) is 4.26. The second-order valence-corrected chi connectivity index (χ2v) is 9.50. The molecule has 1 aliphatic carbocycles. The maximum atomic E-state index is 11.4. The fourth-order valence-electron chi connectivity index (χ4n) is 4.71. The van der Waals surface area contributed by atoms with Crippen LogP contribution in [-0.2, 0) is 10.1 Å². The highest BCUT2D eigenvalue weighted by Gasteiger charge is 2.31. The van der Waals surface area contributed by atoms with E-state index in [0.717, 1.165) is 37.0 Å². The predicted octanol–water partition coefficient (Wildman–Crippen LogP) is 3.58. The summed E-state index contributed by atoms with van der Waals surface area (Å²) in [5, 5.41) is 0. The van der Waals surface area contributed by atoms with E-state index in [0.29, 0.717) is 6.54 Å². The summed E-state index contributed by atoms with van der Waals surface area (Å²) >= 11 is 0.